The van der Waals surface area contributed by atoms with E-state index in [1.807, 2.05) is 109 Å². The Balaban J connectivity index is 1.16. The lowest BCUT2D eigenvalue weighted by Gasteiger charge is -2.26. The fraction of sp³-hybridized carbons (Fsp3) is 0.106. The van der Waals surface area contributed by atoms with Crippen LogP contribution in [0, 0.1) is 13.8 Å². The molecular weight excluding hydrogens is 743 g/mol. The number of fused-ring (bicyclic) bond motifs is 2. The first-order valence-corrected chi connectivity index (χ1v) is 19.3. The van der Waals surface area contributed by atoms with Crippen LogP contribution in [0.3, 0.4) is 0 Å². The van der Waals surface area contributed by atoms with Crippen LogP contribution in [-0.2, 0) is 0 Å². The molecule has 0 spiro atoms. The number of rotatable bonds is 6. The molecule has 1 aliphatic carbocycles. The molecule has 0 atom stereocenters. The second kappa shape index (κ2) is 12.8. The van der Waals surface area contributed by atoms with Gasteiger partial charge in [0.25, 0.3) is 0 Å². The van der Waals surface area contributed by atoms with Crippen molar-refractivity contribution >= 4 is 54.0 Å². The number of aryl methyl sites for hydroxylation is 2. The average Bonchev–Trinajstić information content (AvgIpc) is 3.73. The summed E-state index contributed by atoms with van der Waals surface area (Å²) in [4.78, 5) is 0.511. The molecule has 0 unspecified atom stereocenters. The summed E-state index contributed by atoms with van der Waals surface area (Å²) < 4.78 is 97.1. The number of halogens is 6. The van der Waals surface area contributed by atoms with Crippen molar-refractivity contribution in [2.45, 2.75) is 31.6 Å². The minimum Gasteiger partial charge on any atom is -0.194 e. The zero-order valence-electron chi connectivity index (χ0n) is 29.4. The maximum Gasteiger partial charge on any atom is 0.380 e. The molecule has 0 fully saturated rings. The number of alkyl halides is 6. The summed E-state index contributed by atoms with van der Waals surface area (Å²) in [5.74, 6) is -16.0. The molecule has 272 valence electrons. The Morgan fingerprint density at radius 2 is 0.655 bits per heavy atom. The third-order valence-corrected chi connectivity index (χ3v) is 12.7. The molecule has 0 amide bonds. The van der Waals surface area contributed by atoms with E-state index in [0.717, 1.165) is 67.2 Å². The molecule has 0 saturated heterocycles. The zero-order valence-corrected chi connectivity index (χ0v) is 31.1. The number of hydrogen-bond acceptors (Lipinski definition) is 2. The van der Waals surface area contributed by atoms with Gasteiger partial charge in [0.15, 0.2) is 0 Å². The van der Waals surface area contributed by atoms with Gasteiger partial charge in [0, 0.05) is 52.2 Å². The Labute approximate surface area is 321 Å². The van der Waals surface area contributed by atoms with E-state index in [0.29, 0.717) is 9.40 Å². The third kappa shape index (κ3) is 5.48. The smallest absolute Gasteiger partial charge is 0.194 e. The lowest BCUT2D eigenvalue weighted by molar-refractivity contribution is -0.254. The van der Waals surface area contributed by atoms with E-state index in [1.54, 1.807) is 36.4 Å². The van der Waals surface area contributed by atoms with E-state index >= 15 is 26.3 Å². The van der Waals surface area contributed by atoms with Gasteiger partial charge in [-0.05, 0) is 70.5 Å². The second-order valence-corrected chi connectivity index (χ2v) is 16.4. The summed E-state index contributed by atoms with van der Waals surface area (Å²) in [5.41, 5.74) is 4.31. The van der Waals surface area contributed by atoms with Crippen molar-refractivity contribution in [3.05, 3.63) is 166 Å². The molecule has 0 radical (unpaired) electrons. The molecule has 0 bridgehead atoms. The van der Waals surface area contributed by atoms with Gasteiger partial charge < -0.3 is 0 Å². The molecule has 0 N–H and O–H groups in total. The first-order valence-electron chi connectivity index (χ1n) is 17.6. The van der Waals surface area contributed by atoms with E-state index in [9.17, 15) is 0 Å². The van der Waals surface area contributed by atoms with E-state index in [-0.39, 0.29) is 31.7 Å². The van der Waals surface area contributed by atoms with Gasteiger partial charge in [-0.15, -0.1) is 22.7 Å². The third-order valence-electron chi connectivity index (χ3n) is 10.5. The molecule has 55 heavy (non-hydrogen) atoms. The molecular formula is C47H30F6S2. The van der Waals surface area contributed by atoms with Gasteiger partial charge >= 0.3 is 17.8 Å². The fourth-order valence-corrected chi connectivity index (χ4v) is 10.00. The highest BCUT2D eigenvalue weighted by atomic mass is 32.1. The SMILES string of the molecule is Cc1sc2cc(-c3ccc(-c4ccccc4)cc3)ccc2c1C1=C(c2c(C)sc3cc(-c4ccc(-c5ccccc5)cc4)ccc23)C(F)(F)C(F)(F)C1(F)F. The predicted octanol–water partition coefficient (Wildman–Crippen LogP) is 15.2. The van der Waals surface area contributed by atoms with E-state index < -0.39 is 28.9 Å². The minimum absolute atomic E-state index is 0.228. The molecule has 8 heteroatoms. The molecule has 2 heterocycles. The molecule has 2 aromatic heterocycles. The monoisotopic (exact) mass is 772 g/mol. The molecule has 0 nitrogen and oxygen atoms in total. The van der Waals surface area contributed by atoms with Crippen molar-refractivity contribution < 1.29 is 26.3 Å². The Bertz CT molecular complexity index is 2580. The van der Waals surface area contributed by atoms with Crippen LogP contribution in [0.2, 0.25) is 0 Å². The van der Waals surface area contributed by atoms with Gasteiger partial charge in [-0.3, -0.25) is 0 Å². The largest absolute Gasteiger partial charge is 0.380 e. The Hall–Kier alpha value is -5.44. The highest BCUT2D eigenvalue weighted by Gasteiger charge is 2.80. The quantitative estimate of drug-likeness (QED) is 0.148. The zero-order chi connectivity index (χ0) is 38.3. The lowest BCUT2D eigenvalue weighted by Crippen LogP contribution is -2.48. The van der Waals surface area contributed by atoms with Crippen molar-refractivity contribution in [1.29, 1.82) is 0 Å². The van der Waals surface area contributed by atoms with Gasteiger partial charge in [0.05, 0.1) is 0 Å². The van der Waals surface area contributed by atoms with Gasteiger partial charge in [-0.2, -0.15) is 26.3 Å². The van der Waals surface area contributed by atoms with Gasteiger partial charge in [-0.25, -0.2) is 0 Å². The molecule has 6 aromatic carbocycles. The Morgan fingerprint density at radius 3 is 1.00 bits per heavy atom. The Kier molecular flexibility index (Phi) is 8.22. The highest BCUT2D eigenvalue weighted by Crippen LogP contribution is 2.67. The van der Waals surface area contributed by atoms with Gasteiger partial charge in [0.1, 0.15) is 0 Å². The van der Waals surface area contributed by atoms with Crippen molar-refractivity contribution in [1.82, 2.24) is 0 Å². The van der Waals surface area contributed by atoms with Crippen LogP contribution in [0.5, 0.6) is 0 Å². The van der Waals surface area contributed by atoms with Crippen molar-refractivity contribution in [2.75, 3.05) is 0 Å². The topological polar surface area (TPSA) is 0 Å². The van der Waals surface area contributed by atoms with Crippen LogP contribution in [0.25, 0.3) is 75.8 Å². The van der Waals surface area contributed by atoms with Crippen LogP contribution in [0.15, 0.2) is 146 Å². The van der Waals surface area contributed by atoms with E-state index in [4.69, 9.17) is 0 Å². The molecule has 9 rings (SSSR count). The van der Waals surface area contributed by atoms with Crippen LogP contribution >= 0.6 is 22.7 Å². The maximum absolute atomic E-state index is 16.2. The maximum atomic E-state index is 16.2. The van der Waals surface area contributed by atoms with E-state index in [1.165, 1.54) is 13.8 Å². The average molecular weight is 773 g/mol. The molecule has 1 aliphatic rings. The number of thiophene rings is 2. The summed E-state index contributed by atoms with van der Waals surface area (Å²) in [5, 5.41) is 0.456. The fourth-order valence-electron chi connectivity index (χ4n) is 7.78. The van der Waals surface area contributed by atoms with Crippen LogP contribution in [-0.4, -0.2) is 17.8 Å². The number of hydrogen-bond donors (Lipinski definition) is 0. The summed E-state index contributed by atoms with van der Waals surface area (Å²) in [6, 6.07) is 45.7. The first-order chi connectivity index (χ1) is 26.4. The summed E-state index contributed by atoms with van der Waals surface area (Å²) in [7, 11) is 0. The molecule has 0 aliphatic heterocycles. The Morgan fingerprint density at radius 1 is 0.364 bits per heavy atom. The molecule has 8 aromatic rings. The summed E-state index contributed by atoms with van der Waals surface area (Å²) >= 11 is 2.25. The standard InChI is InChI=1S/C47H30F6S2/c1-27-41(37-23-21-35(25-39(37)54-27)33-17-13-31(14-18-33)29-9-5-3-6-10-29)43-44(46(50,51)47(52,53)45(43,48)49)42-28(2)55-40-26-36(22-24-38(40)42)34-19-15-32(16-20-34)30-11-7-4-8-12-30/h3-26H,1-2H3. The van der Waals surface area contributed by atoms with Gasteiger partial charge in [-0.1, -0.05) is 133 Å². The number of benzene rings is 6. The molecule has 0 saturated carbocycles. The summed E-state index contributed by atoms with van der Waals surface area (Å²) in [6.07, 6.45) is 0. The minimum atomic E-state index is -5.66. The van der Waals surface area contributed by atoms with Crippen molar-refractivity contribution in [3.63, 3.8) is 0 Å². The highest BCUT2D eigenvalue weighted by molar-refractivity contribution is 7.19. The van der Waals surface area contributed by atoms with Crippen molar-refractivity contribution in [2.24, 2.45) is 0 Å². The summed E-state index contributed by atoms with van der Waals surface area (Å²) in [6.45, 7) is 3.05. The predicted molar refractivity (Wildman–Crippen MR) is 217 cm³/mol. The normalized spacial score (nSPS) is 16.0. The van der Waals surface area contributed by atoms with Crippen LogP contribution in [0.4, 0.5) is 26.3 Å². The number of allylic oxidation sites excluding steroid dienone is 2. The van der Waals surface area contributed by atoms with Crippen LogP contribution < -0.4 is 0 Å². The first kappa shape index (κ1) is 35.3. The van der Waals surface area contributed by atoms with Gasteiger partial charge in [0.2, 0.25) is 0 Å². The van der Waals surface area contributed by atoms with Crippen molar-refractivity contribution in [3.8, 4) is 44.5 Å². The van der Waals surface area contributed by atoms with Crippen LogP contribution in [0.1, 0.15) is 20.9 Å². The van der Waals surface area contributed by atoms with E-state index in [2.05, 4.69) is 0 Å². The second-order valence-electron chi connectivity index (χ2n) is 13.8. The lowest BCUT2D eigenvalue weighted by atomic mass is 9.90.